The van der Waals surface area contributed by atoms with Crippen molar-refractivity contribution in [1.82, 2.24) is 19.0 Å². The van der Waals surface area contributed by atoms with Gasteiger partial charge in [0, 0.05) is 70.6 Å². The summed E-state index contributed by atoms with van der Waals surface area (Å²) in [5, 5.41) is 4.62. The van der Waals surface area contributed by atoms with Crippen LogP contribution in [0.15, 0.2) is 170 Å². The third kappa shape index (κ3) is 4.83. The molecule has 0 saturated carbocycles. The van der Waals surface area contributed by atoms with Gasteiger partial charge in [-0.25, -0.2) is 4.98 Å². The molecule has 6 nitrogen and oxygen atoms in total. The molecule has 1 aliphatic rings. The SMILES string of the molecule is CN1C=C(c2ccccc2)N(c2cccc(Oc3ccc4c5ccccc5n(-c5cc6c(cn5)c5ccccc5n6-c5ccccc5)c4c3)c2)C1. The number of fused-ring (bicyclic) bond motifs is 6. The molecular formula is C45H33N5O. The lowest BCUT2D eigenvalue weighted by Gasteiger charge is -2.23. The van der Waals surface area contributed by atoms with Crippen molar-refractivity contribution >= 4 is 55.0 Å². The molecule has 4 heterocycles. The minimum absolute atomic E-state index is 0.764. The minimum atomic E-state index is 0.764. The van der Waals surface area contributed by atoms with Crippen molar-refractivity contribution in [2.45, 2.75) is 0 Å². The van der Waals surface area contributed by atoms with Gasteiger partial charge in [0.2, 0.25) is 0 Å². The summed E-state index contributed by atoms with van der Waals surface area (Å²) < 4.78 is 11.2. The lowest BCUT2D eigenvalue weighted by Crippen LogP contribution is -2.23. The zero-order valence-electron chi connectivity index (χ0n) is 28.0. The molecule has 0 bridgehead atoms. The van der Waals surface area contributed by atoms with Gasteiger partial charge >= 0.3 is 0 Å². The number of ether oxygens (including phenoxy) is 1. The molecule has 3 aromatic heterocycles. The fraction of sp³-hybridized carbons (Fsp3) is 0.0444. The Morgan fingerprint density at radius 3 is 1.94 bits per heavy atom. The van der Waals surface area contributed by atoms with Gasteiger partial charge in [-0.15, -0.1) is 0 Å². The van der Waals surface area contributed by atoms with Crippen molar-refractivity contribution in [1.29, 1.82) is 0 Å². The maximum Gasteiger partial charge on any atom is 0.139 e. The minimum Gasteiger partial charge on any atom is -0.457 e. The second-order valence-electron chi connectivity index (χ2n) is 13.1. The normalized spacial score (nSPS) is 13.2. The maximum atomic E-state index is 6.63. The predicted molar refractivity (Wildman–Crippen MR) is 209 cm³/mol. The fourth-order valence-electron chi connectivity index (χ4n) is 7.62. The van der Waals surface area contributed by atoms with Gasteiger partial charge in [0.1, 0.15) is 17.3 Å². The first-order valence-corrected chi connectivity index (χ1v) is 17.2. The van der Waals surface area contributed by atoms with Gasteiger partial charge in [-0.05, 0) is 54.1 Å². The van der Waals surface area contributed by atoms with Crippen LogP contribution in [0.5, 0.6) is 11.5 Å². The monoisotopic (exact) mass is 659 g/mol. The van der Waals surface area contributed by atoms with Gasteiger partial charge in [0.25, 0.3) is 0 Å². The summed E-state index contributed by atoms with van der Waals surface area (Å²) in [6.45, 7) is 0.764. The molecule has 51 heavy (non-hydrogen) atoms. The summed E-state index contributed by atoms with van der Waals surface area (Å²) in [5.41, 5.74) is 8.94. The van der Waals surface area contributed by atoms with E-state index in [0.717, 1.165) is 73.9 Å². The highest BCUT2D eigenvalue weighted by Crippen LogP contribution is 2.39. The maximum absolute atomic E-state index is 6.63. The molecule has 0 aliphatic carbocycles. The van der Waals surface area contributed by atoms with Crippen molar-refractivity contribution < 1.29 is 4.74 Å². The highest BCUT2D eigenvalue weighted by Gasteiger charge is 2.22. The smallest absolute Gasteiger partial charge is 0.139 e. The van der Waals surface area contributed by atoms with E-state index in [0.29, 0.717) is 0 Å². The molecule has 0 atom stereocenters. The molecule has 0 saturated heterocycles. The number of rotatable bonds is 6. The predicted octanol–water partition coefficient (Wildman–Crippen LogP) is 10.8. The molecule has 0 fully saturated rings. The van der Waals surface area contributed by atoms with Crippen molar-refractivity contribution in [2.75, 3.05) is 18.6 Å². The van der Waals surface area contributed by atoms with Crippen molar-refractivity contribution in [2.24, 2.45) is 0 Å². The van der Waals surface area contributed by atoms with Crippen LogP contribution < -0.4 is 9.64 Å². The van der Waals surface area contributed by atoms with E-state index in [1.165, 1.54) is 16.3 Å². The van der Waals surface area contributed by atoms with E-state index in [-0.39, 0.29) is 0 Å². The second kappa shape index (κ2) is 11.7. The Balaban J connectivity index is 1.08. The van der Waals surface area contributed by atoms with E-state index in [1.807, 2.05) is 12.3 Å². The van der Waals surface area contributed by atoms with E-state index in [4.69, 9.17) is 9.72 Å². The molecule has 0 amide bonds. The molecule has 0 N–H and O–H groups in total. The summed E-state index contributed by atoms with van der Waals surface area (Å²) in [7, 11) is 2.10. The first-order chi connectivity index (χ1) is 25.2. The van der Waals surface area contributed by atoms with Crippen molar-refractivity contribution in [3.8, 4) is 23.0 Å². The number of hydrogen-bond donors (Lipinski definition) is 0. The molecule has 10 rings (SSSR count). The number of nitrogens with zero attached hydrogens (tertiary/aromatic N) is 5. The molecular weight excluding hydrogens is 627 g/mol. The number of para-hydroxylation sites is 3. The summed E-state index contributed by atoms with van der Waals surface area (Å²) in [5.74, 6) is 2.40. The lowest BCUT2D eigenvalue weighted by molar-refractivity contribution is 0.481. The Morgan fingerprint density at radius 1 is 0.510 bits per heavy atom. The molecule has 0 unspecified atom stereocenters. The molecule has 0 spiro atoms. The Labute approximate surface area is 295 Å². The van der Waals surface area contributed by atoms with Crippen LogP contribution in [0.1, 0.15) is 5.56 Å². The van der Waals surface area contributed by atoms with Gasteiger partial charge in [-0.1, -0.05) is 91.0 Å². The van der Waals surface area contributed by atoms with E-state index in [2.05, 4.69) is 184 Å². The number of anilines is 1. The topological polar surface area (TPSA) is 38.5 Å². The summed E-state index contributed by atoms with van der Waals surface area (Å²) >= 11 is 0. The molecule has 1 aliphatic heterocycles. The first-order valence-electron chi connectivity index (χ1n) is 17.2. The largest absolute Gasteiger partial charge is 0.457 e. The second-order valence-corrected chi connectivity index (χ2v) is 13.1. The quantitative estimate of drug-likeness (QED) is 0.178. The zero-order valence-corrected chi connectivity index (χ0v) is 28.0. The van der Waals surface area contributed by atoms with Crippen LogP contribution in [0.25, 0.3) is 60.8 Å². The Bertz CT molecular complexity index is 2780. The Hall–Kier alpha value is -6.79. The van der Waals surface area contributed by atoms with Crippen LogP contribution in [-0.4, -0.2) is 32.7 Å². The fourth-order valence-corrected chi connectivity index (χ4v) is 7.62. The van der Waals surface area contributed by atoms with Crippen LogP contribution in [0.2, 0.25) is 0 Å². The third-order valence-corrected chi connectivity index (χ3v) is 9.86. The van der Waals surface area contributed by atoms with Crippen LogP contribution >= 0.6 is 0 Å². The zero-order chi connectivity index (χ0) is 33.9. The lowest BCUT2D eigenvalue weighted by atomic mass is 10.1. The van der Waals surface area contributed by atoms with E-state index < -0.39 is 0 Å². The number of hydrogen-bond acceptors (Lipinski definition) is 4. The van der Waals surface area contributed by atoms with Gasteiger partial charge in [-0.3, -0.25) is 4.57 Å². The summed E-state index contributed by atoms with van der Waals surface area (Å²) in [6, 6.07) is 55.1. The number of benzene rings is 6. The van der Waals surface area contributed by atoms with Gasteiger partial charge in [0.15, 0.2) is 0 Å². The number of pyridine rings is 1. The highest BCUT2D eigenvalue weighted by molar-refractivity contribution is 6.11. The van der Waals surface area contributed by atoms with Crippen LogP contribution in [0, 0.1) is 0 Å². The molecule has 9 aromatic rings. The molecule has 6 aromatic carbocycles. The van der Waals surface area contributed by atoms with Crippen molar-refractivity contribution in [3.05, 3.63) is 176 Å². The van der Waals surface area contributed by atoms with Gasteiger partial charge in [-0.2, -0.15) is 0 Å². The number of aromatic nitrogens is 3. The average Bonchev–Trinajstić information content (AvgIpc) is 3.84. The molecule has 6 heteroatoms. The molecule has 0 radical (unpaired) electrons. The van der Waals surface area contributed by atoms with E-state index in [1.54, 1.807) is 0 Å². The first kappa shape index (κ1) is 29.2. The van der Waals surface area contributed by atoms with Crippen LogP contribution in [0.3, 0.4) is 0 Å². The Kier molecular flexibility index (Phi) is 6.67. The summed E-state index contributed by atoms with van der Waals surface area (Å²) in [4.78, 5) is 9.63. The van der Waals surface area contributed by atoms with Gasteiger partial charge < -0.3 is 19.1 Å². The highest BCUT2D eigenvalue weighted by atomic mass is 16.5. The molecule has 244 valence electrons. The van der Waals surface area contributed by atoms with Gasteiger partial charge in [0.05, 0.1) is 34.4 Å². The van der Waals surface area contributed by atoms with Crippen LogP contribution in [-0.2, 0) is 0 Å². The summed E-state index contributed by atoms with van der Waals surface area (Å²) in [6.07, 6.45) is 4.22. The Morgan fingerprint density at radius 2 is 1.14 bits per heavy atom. The van der Waals surface area contributed by atoms with Crippen LogP contribution in [0.4, 0.5) is 5.69 Å². The van der Waals surface area contributed by atoms with Crippen molar-refractivity contribution in [3.63, 3.8) is 0 Å². The van der Waals surface area contributed by atoms with E-state index in [9.17, 15) is 0 Å². The third-order valence-electron chi connectivity index (χ3n) is 9.86. The average molecular weight is 660 g/mol. The standard InChI is InChI=1S/C45H33N5O/c1-47-29-44(31-13-4-2-5-14-31)48(30-47)33-17-12-18-34(25-33)51-35-23-24-38-36-19-8-11-22-41(36)50(42(38)26-35)45-27-43-39(28-46-45)37-20-9-10-21-40(37)49(43)32-15-6-3-7-16-32/h2-29H,30H2,1H3. The van der Waals surface area contributed by atoms with E-state index >= 15 is 0 Å².